The van der Waals surface area contributed by atoms with Crippen LogP contribution in [0.1, 0.15) is 58.6 Å². The fraction of sp³-hybridized carbons (Fsp3) is 0.800. The topological polar surface area (TPSA) is 29.9 Å². The van der Waals surface area contributed by atoms with Gasteiger partial charge in [0.05, 0.1) is 5.69 Å². The average molecular weight is 249 g/mol. The highest BCUT2D eigenvalue weighted by Gasteiger charge is 2.26. The molecule has 0 bridgehead atoms. The molecule has 1 aliphatic rings. The molecule has 0 spiro atoms. The van der Waals surface area contributed by atoms with Gasteiger partial charge in [0.25, 0.3) is 0 Å². The second kappa shape index (κ2) is 5.87. The van der Waals surface area contributed by atoms with Gasteiger partial charge in [0.1, 0.15) is 0 Å². The standard InChI is InChI=1S/C15H27N3/c1-4-11-18-14(7-10-17-18)12-16-13-5-8-15(2,3)9-6-13/h7,10,13,16H,4-6,8-9,11-12H2,1-3H3. The second-order valence-electron chi connectivity index (χ2n) is 6.37. The summed E-state index contributed by atoms with van der Waals surface area (Å²) < 4.78 is 2.12. The number of hydrogen-bond acceptors (Lipinski definition) is 2. The fourth-order valence-corrected chi connectivity index (χ4v) is 2.78. The third-order valence-electron chi connectivity index (χ3n) is 4.15. The SMILES string of the molecule is CCCn1nccc1CNC1CCC(C)(C)CC1. The average Bonchev–Trinajstić information content (AvgIpc) is 2.76. The van der Waals surface area contributed by atoms with Gasteiger partial charge in [0, 0.05) is 25.3 Å². The normalized spacial score (nSPS) is 20.2. The lowest BCUT2D eigenvalue weighted by molar-refractivity contribution is 0.205. The largest absolute Gasteiger partial charge is 0.308 e. The Bertz CT molecular complexity index is 358. The molecule has 0 unspecified atom stereocenters. The number of aryl methyl sites for hydroxylation is 1. The van der Waals surface area contributed by atoms with Crippen molar-refractivity contribution < 1.29 is 0 Å². The molecule has 1 aromatic rings. The quantitative estimate of drug-likeness (QED) is 0.867. The van der Waals surface area contributed by atoms with Crippen LogP contribution < -0.4 is 5.32 Å². The van der Waals surface area contributed by atoms with E-state index in [1.165, 1.54) is 31.4 Å². The van der Waals surface area contributed by atoms with Gasteiger partial charge in [-0.25, -0.2) is 0 Å². The Kier molecular flexibility index (Phi) is 4.44. The zero-order valence-electron chi connectivity index (χ0n) is 12.1. The van der Waals surface area contributed by atoms with E-state index in [4.69, 9.17) is 0 Å². The predicted molar refractivity (Wildman–Crippen MR) is 75.4 cm³/mol. The molecule has 3 nitrogen and oxygen atoms in total. The Morgan fingerprint density at radius 2 is 2.11 bits per heavy atom. The minimum absolute atomic E-state index is 0.558. The first-order valence-electron chi connectivity index (χ1n) is 7.35. The van der Waals surface area contributed by atoms with Crippen LogP contribution in [0.3, 0.4) is 0 Å². The van der Waals surface area contributed by atoms with Crippen molar-refractivity contribution >= 4 is 0 Å². The van der Waals surface area contributed by atoms with E-state index in [1.54, 1.807) is 0 Å². The van der Waals surface area contributed by atoms with Gasteiger partial charge < -0.3 is 5.32 Å². The van der Waals surface area contributed by atoms with Crippen LogP contribution in [0.5, 0.6) is 0 Å². The molecule has 0 amide bonds. The molecular weight excluding hydrogens is 222 g/mol. The third kappa shape index (κ3) is 3.58. The summed E-state index contributed by atoms with van der Waals surface area (Å²) in [5.74, 6) is 0. The summed E-state index contributed by atoms with van der Waals surface area (Å²) in [6.45, 7) is 8.97. The molecule has 0 saturated heterocycles. The van der Waals surface area contributed by atoms with Crippen LogP contribution in [0.4, 0.5) is 0 Å². The van der Waals surface area contributed by atoms with Gasteiger partial charge in [0.15, 0.2) is 0 Å². The second-order valence-corrected chi connectivity index (χ2v) is 6.37. The Morgan fingerprint density at radius 3 is 2.78 bits per heavy atom. The number of nitrogens with one attached hydrogen (secondary N) is 1. The van der Waals surface area contributed by atoms with Gasteiger partial charge in [-0.05, 0) is 43.6 Å². The van der Waals surface area contributed by atoms with Crippen molar-refractivity contribution in [2.24, 2.45) is 5.41 Å². The highest BCUT2D eigenvalue weighted by atomic mass is 15.3. The molecule has 18 heavy (non-hydrogen) atoms. The molecule has 3 heteroatoms. The van der Waals surface area contributed by atoms with Crippen LogP contribution in [0, 0.1) is 5.41 Å². The summed E-state index contributed by atoms with van der Waals surface area (Å²) in [6.07, 6.45) is 8.38. The molecule has 1 aliphatic carbocycles. The van der Waals surface area contributed by atoms with Gasteiger partial charge in [0.2, 0.25) is 0 Å². The van der Waals surface area contributed by atoms with Crippen LogP contribution in [-0.4, -0.2) is 15.8 Å². The number of nitrogens with zero attached hydrogens (tertiary/aromatic N) is 2. The molecule has 102 valence electrons. The van der Waals surface area contributed by atoms with Crippen molar-refractivity contribution in [3.05, 3.63) is 18.0 Å². The van der Waals surface area contributed by atoms with Crippen molar-refractivity contribution in [3.8, 4) is 0 Å². The van der Waals surface area contributed by atoms with E-state index in [0.29, 0.717) is 11.5 Å². The Hall–Kier alpha value is -0.830. The first-order valence-corrected chi connectivity index (χ1v) is 7.35. The lowest BCUT2D eigenvalue weighted by atomic mass is 9.75. The van der Waals surface area contributed by atoms with Gasteiger partial charge in [-0.1, -0.05) is 20.8 Å². The van der Waals surface area contributed by atoms with Gasteiger partial charge in [-0.3, -0.25) is 4.68 Å². The zero-order valence-corrected chi connectivity index (χ0v) is 12.1. The van der Waals surface area contributed by atoms with Crippen LogP contribution in [0.25, 0.3) is 0 Å². The number of aromatic nitrogens is 2. The Labute approximate surface area is 111 Å². The molecule has 1 N–H and O–H groups in total. The molecule has 1 fully saturated rings. The van der Waals surface area contributed by atoms with Crippen molar-refractivity contribution in [2.75, 3.05) is 0 Å². The van der Waals surface area contributed by atoms with E-state index in [-0.39, 0.29) is 0 Å². The van der Waals surface area contributed by atoms with Crippen molar-refractivity contribution in [1.82, 2.24) is 15.1 Å². The molecule has 0 radical (unpaired) electrons. The Morgan fingerprint density at radius 1 is 1.39 bits per heavy atom. The highest BCUT2D eigenvalue weighted by Crippen LogP contribution is 2.35. The van der Waals surface area contributed by atoms with Crippen LogP contribution in [0.15, 0.2) is 12.3 Å². The van der Waals surface area contributed by atoms with E-state index in [1.807, 2.05) is 6.20 Å². The molecule has 2 rings (SSSR count). The van der Waals surface area contributed by atoms with Gasteiger partial charge in [-0.15, -0.1) is 0 Å². The Balaban J connectivity index is 1.79. The molecule has 1 aromatic heterocycles. The summed E-state index contributed by atoms with van der Waals surface area (Å²) in [7, 11) is 0. The maximum atomic E-state index is 4.37. The van der Waals surface area contributed by atoms with Gasteiger partial charge in [-0.2, -0.15) is 5.10 Å². The molecule has 1 heterocycles. The first-order chi connectivity index (χ1) is 8.61. The maximum Gasteiger partial charge on any atom is 0.0522 e. The lowest BCUT2D eigenvalue weighted by Crippen LogP contribution is -2.35. The van der Waals surface area contributed by atoms with Gasteiger partial charge >= 0.3 is 0 Å². The summed E-state index contributed by atoms with van der Waals surface area (Å²) in [4.78, 5) is 0. The summed E-state index contributed by atoms with van der Waals surface area (Å²) >= 11 is 0. The zero-order chi connectivity index (χ0) is 13.0. The van der Waals surface area contributed by atoms with Crippen molar-refractivity contribution in [1.29, 1.82) is 0 Å². The number of hydrogen-bond donors (Lipinski definition) is 1. The summed E-state index contributed by atoms with van der Waals surface area (Å²) in [5, 5.41) is 8.07. The minimum Gasteiger partial charge on any atom is -0.308 e. The van der Waals surface area contributed by atoms with E-state index < -0.39 is 0 Å². The molecule has 0 atom stereocenters. The predicted octanol–water partition coefficient (Wildman–Crippen LogP) is 3.35. The maximum absolute atomic E-state index is 4.37. The number of rotatable bonds is 5. The fourth-order valence-electron chi connectivity index (χ4n) is 2.78. The highest BCUT2D eigenvalue weighted by molar-refractivity contribution is 5.00. The van der Waals surface area contributed by atoms with Crippen LogP contribution in [-0.2, 0) is 13.1 Å². The first kappa shape index (κ1) is 13.6. The summed E-state index contributed by atoms with van der Waals surface area (Å²) in [5.41, 5.74) is 1.88. The smallest absolute Gasteiger partial charge is 0.0522 e. The van der Waals surface area contributed by atoms with E-state index in [0.717, 1.165) is 19.5 Å². The van der Waals surface area contributed by atoms with E-state index in [2.05, 4.69) is 41.9 Å². The van der Waals surface area contributed by atoms with E-state index >= 15 is 0 Å². The van der Waals surface area contributed by atoms with Crippen molar-refractivity contribution in [3.63, 3.8) is 0 Å². The van der Waals surface area contributed by atoms with Crippen LogP contribution in [0.2, 0.25) is 0 Å². The van der Waals surface area contributed by atoms with E-state index in [9.17, 15) is 0 Å². The summed E-state index contributed by atoms with van der Waals surface area (Å²) in [6, 6.07) is 2.83. The molecule has 1 saturated carbocycles. The van der Waals surface area contributed by atoms with Crippen molar-refractivity contribution in [2.45, 2.75) is 72.0 Å². The third-order valence-corrected chi connectivity index (χ3v) is 4.15. The molecule has 0 aromatic carbocycles. The van der Waals surface area contributed by atoms with Crippen LogP contribution >= 0.6 is 0 Å². The lowest BCUT2D eigenvalue weighted by Gasteiger charge is -2.34. The monoisotopic (exact) mass is 249 g/mol. The minimum atomic E-state index is 0.558. The molecular formula is C15H27N3. The molecule has 0 aliphatic heterocycles.